The first-order valence-corrected chi connectivity index (χ1v) is 8.87. The lowest BCUT2D eigenvalue weighted by molar-refractivity contribution is -0.192. The van der Waals surface area contributed by atoms with Gasteiger partial charge in [0.25, 0.3) is 0 Å². The number of aromatic amines is 1. The minimum Gasteiger partial charge on any atom is -0.475 e. The lowest BCUT2D eigenvalue weighted by Gasteiger charge is -2.25. The molecule has 3 rings (SSSR count). The highest BCUT2D eigenvalue weighted by molar-refractivity contribution is 5.73. The van der Waals surface area contributed by atoms with Gasteiger partial charge in [-0.15, -0.1) is 0 Å². The van der Waals surface area contributed by atoms with E-state index < -0.39 is 12.1 Å². The number of carboxylic acids is 1. The number of hydrogen-bond donors (Lipinski definition) is 3. The smallest absolute Gasteiger partial charge is 0.475 e. The van der Waals surface area contributed by atoms with Crippen LogP contribution in [-0.4, -0.2) is 28.3 Å². The quantitative estimate of drug-likeness (QED) is 0.744. The van der Waals surface area contributed by atoms with Crippen molar-refractivity contribution in [2.24, 2.45) is 0 Å². The number of benzene rings is 1. The van der Waals surface area contributed by atoms with Crippen LogP contribution in [0.15, 0.2) is 35.1 Å². The molecule has 0 saturated carbocycles. The second-order valence-corrected chi connectivity index (χ2v) is 6.87. The van der Waals surface area contributed by atoms with Crippen molar-refractivity contribution in [3.63, 3.8) is 0 Å². The third-order valence-electron chi connectivity index (χ3n) is 4.72. The summed E-state index contributed by atoms with van der Waals surface area (Å²) in [7, 11) is 0. The van der Waals surface area contributed by atoms with Crippen LogP contribution in [-0.2, 0) is 24.2 Å². The van der Waals surface area contributed by atoms with Gasteiger partial charge in [-0.05, 0) is 55.4 Å². The van der Waals surface area contributed by atoms with Gasteiger partial charge in [-0.2, -0.15) is 13.2 Å². The van der Waals surface area contributed by atoms with E-state index in [-0.39, 0.29) is 5.56 Å². The van der Waals surface area contributed by atoms with E-state index in [2.05, 4.69) is 42.3 Å². The topological polar surface area (TPSA) is 82.2 Å². The van der Waals surface area contributed by atoms with E-state index in [1.54, 1.807) is 6.07 Å². The van der Waals surface area contributed by atoms with E-state index in [0.29, 0.717) is 6.04 Å². The van der Waals surface area contributed by atoms with Gasteiger partial charge in [0, 0.05) is 24.3 Å². The zero-order valence-electron chi connectivity index (χ0n) is 15.7. The van der Waals surface area contributed by atoms with Crippen LogP contribution in [0.2, 0.25) is 0 Å². The summed E-state index contributed by atoms with van der Waals surface area (Å²) in [5.41, 5.74) is 6.43. The highest BCUT2D eigenvalue weighted by Gasteiger charge is 2.38. The van der Waals surface area contributed by atoms with Gasteiger partial charge in [0.1, 0.15) is 0 Å². The maximum Gasteiger partial charge on any atom is 0.490 e. The molecule has 0 aliphatic heterocycles. The number of aliphatic carboxylic acids is 1. The normalized spacial score (nSPS) is 16.0. The summed E-state index contributed by atoms with van der Waals surface area (Å²) in [6, 6.07) is 10.7. The monoisotopic (exact) mass is 396 g/mol. The van der Waals surface area contributed by atoms with Gasteiger partial charge < -0.3 is 15.4 Å². The van der Waals surface area contributed by atoms with Gasteiger partial charge in [-0.25, -0.2) is 4.79 Å². The number of halogens is 3. The molecule has 1 atom stereocenters. The summed E-state index contributed by atoms with van der Waals surface area (Å²) >= 11 is 0. The van der Waals surface area contributed by atoms with E-state index in [1.165, 1.54) is 22.3 Å². The predicted molar refractivity (Wildman–Crippen MR) is 99.3 cm³/mol. The molecule has 0 saturated heterocycles. The molecule has 1 heterocycles. The highest BCUT2D eigenvalue weighted by atomic mass is 19.4. The molecule has 1 unspecified atom stereocenters. The largest absolute Gasteiger partial charge is 0.490 e. The fourth-order valence-corrected chi connectivity index (χ4v) is 3.00. The van der Waals surface area contributed by atoms with Crippen LogP contribution in [0.25, 0.3) is 0 Å². The zero-order chi connectivity index (χ0) is 20.9. The average Bonchev–Trinajstić information content (AvgIpc) is 2.62. The molecule has 0 bridgehead atoms. The lowest BCUT2D eigenvalue weighted by Crippen LogP contribution is -2.35. The molecule has 2 aromatic rings. The Hall–Kier alpha value is -2.61. The van der Waals surface area contributed by atoms with Crippen LogP contribution in [0.3, 0.4) is 0 Å². The summed E-state index contributed by atoms with van der Waals surface area (Å²) in [6.45, 7) is 5.21. The third kappa shape index (κ3) is 6.23. The Bertz CT molecular complexity index is 891. The first kappa shape index (κ1) is 21.7. The van der Waals surface area contributed by atoms with Crippen LogP contribution in [0.1, 0.15) is 34.4 Å². The molecule has 1 aromatic carbocycles. The van der Waals surface area contributed by atoms with Crippen LogP contribution in [0.5, 0.6) is 0 Å². The van der Waals surface area contributed by atoms with Crippen LogP contribution in [0, 0.1) is 13.8 Å². The summed E-state index contributed by atoms with van der Waals surface area (Å²) in [4.78, 5) is 23.2. The average molecular weight is 396 g/mol. The van der Waals surface area contributed by atoms with Crippen molar-refractivity contribution in [3.05, 3.63) is 68.6 Å². The van der Waals surface area contributed by atoms with Crippen molar-refractivity contribution in [1.82, 2.24) is 10.3 Å². The number of nitrogens with one attached hydrogen (secondary N) is 2. The molecule has 0 amide bonds. The van der Waals surface area contributed by atoms with Crippen LogP contribution in [0.4, 0.5) is 13.2 Å². The number of carbonyl (C=O) groups is 1. The molecule has 152 valence electrons. The number of fused-ring (bicyclic) bond motifs is 1. The van der Waals surface area contributed by atoms with Crippen molar-refractivity contribution < 1.29 is 23.1 Å². The van der Waals surface area contributed by atoms with Gasteiger partial charge in [-0.1, -0.05) is 24.3 Å². The summed E-state index contributed by atoms with van der Waals surface area (Å²) < 4.78 is 31.7. The molecule has 1 aliphatic rings. The highest BCUT2D eigenvalue weighted by Crippen LogP contribution is 2.19. The van der Waals surface area contributed by atoms with Gasteiger partial charge in [0.05, 0.1) is 0 Å². The fraction of sp³-hybridized carbons (Fsp3) is 0.400. The molecule has 1 aliphatic carbocycles. The Morgan fingerprint density at radius 2 is 1.89 bits per heavy atom. The second-order valence-electron chi connectivity index (χ2n) is 6.87. The van der Waals surface area contributed by atoms with Crippen molar-refractivity contribution in [2.75, 3.05) is 0 Å². The van der Waals surface area contributed by atoms with E-state index in [9.17, 15) is 18.0 Å². The first-order chi connectivity index (χ1) is 13.1. The summed E-state index contributed by atoms with van der Waals surface area (Å²) in [6.07, 6.45) is -2.05. The molecule has 1 aromatic heterocycles. The first-order valence-electron chi connectivity index (χ1n) is 8.87. The zero-order valence-corrected chi connectivity index (χ0v) is 15.7. The standard InChI is InChI=1S/C18H22N2O.C2HF3O2/c1-12-3-4-14(9-13(12)2)11-19-16-6-7-17-15(10-16)5-8-18(21)20-17;3-2(4,5)1(6)7/h3-5,8-9,16,19H,6-7,10-11H2,1-2H3,(H,20,21);(H,6,7). The summed E-state index contributed by atoms with van der Waals surface area (Å²) in [5.74, 6) is -2.76. The van der Waals surface area contributed by atoms with Crippen molar-refractivity contribution in [2.45, 2.75) is 51.9 Å². The number of H-pyrrole nitrogens is 1. The number of pyridine rings is 1. The van der Waals surface area contributed by atoms with Crippen molar-refractivity contribution in [3.8, 4) is 0 Å². The number of alkyl halides is 3. The maximum atomic E-state index is 11.3. The molecule has 28 heavy (non-hydrogen) atoms. The number of aryl methyl sites for hydroxylation is 3. The van der Waals surface area contributed by atoms with Gasteiger partial charge >= 0.3 is 12.1 Å². The predicted octanol–water partition coefficient (Wildman–Crippen LogP) is 3.27. The maximum absolute atomic E-state index is 11.3. The molecule has 0 fully saturated rings. The Morgan fingerprint density at radius 3 is 2.50 bits per heavy atom. The number of carboxylic acid groups (broad SMARTS) is 1. The van der Waals surface area contributed by atoms with Gasteiger partial charge in [0.2, 0.25) is 5.56 Å². The van der Waals surface area contributed by atoms with Crippen molar-refractivity contribution >= 4 is 5.97 Å². The Morgan fingerprint density at radius 1 is 1.21 bits per heavy atom. The minimum atomic E-state index is -5.08. The van der Waals surface area contributed by atoms with Gasteiger partial charge in [0.15, 0.2) is 0 Å². The number of hydrogen-bond acceptors (Lipinski definition) is 3. The van der Waals surface area contributed by atoms with Crippen LogP contribution < -0.4 is 10.9 Å². The molecule has 0 spiro atoms. The second kappa shape index (κ2) is 9.05. The Balaban J connectivity index is 0.000000345. The SMILES string of the molecule is Cc1ccc(CNC2CCc3[nH]c(=O)ccc3C2)cc1C.O=C(O)C(F)(F)F. The van der Waals surface area contributed by atoms with Gasteiger partial charge in [-0.3, -0.25) is 4.79 Å². The molecule has 5 nitrogen and oxygen atoms in total. The third-order valence-corrected chi connectivity index (χ3v) is 4.72. The van der Waals surface area contributed by atoms with E-state index >= 15 is 0 Å². The Kier molecular flexibility index (Phi) is 7.01. The van der Waals surface area contributed by atoms with Crippen LogP contribution >= 0.6 is 0 Å². The van der Waals surface area contributed by atoms with E-state index in [1.807, 2.05) is 6.07 Å². The molecular formula is C20H23F3N2O3. The lowest BCUT2D eigenvalue weighted by atomic mass is 9.91. The van der Waals surface area contributed by atoms with E-state index in [4.69, 9.17) is 9.90 Å². The van der Waals surface area contributed by atoms with Crippen molar-refractivity contribution in [1.29, 1.82) is 0 Å². The number of rotatable bonds is 3. The molecule has 0 radical (unpaired) electrons. The molecule has 3 N–H and O–H groups in total. The Labute approximate surface area is 160 Å². The minimum absolute atomic E-state index is 0.00953. The molecular weight excluding hydrogens is 373 g/mol. The fourth-order valence-electron chi connectivity index (χ4n) is 3.00. The van der Waals surface area contributed by atoms with E-state index in [0.717, 1.165) is 31.5 Å². The molecule has 8 heteroatoms. The number of aromatic nitrogens is 1. The summed E-state index contributed by atoms with van der Waals surface area (Å²) in [5, 5.41) is 10.8.